The fraction of sp³-hybridized carbons (Fsp3) is 0.467. The van der Waals surface area contributed by atoms with Crippen molar-refractivity contribution in [2.75, 3.05) is 38.7 Å². The molecule has 1 saturated heterocycles. The number of nitrogens with zero attached hydrogens (tertiary/aromatic N) is 2. The second kappa shape index (κ2) is 6.03. The van der Waals surface area contributed by atoms with Crippen molar-refractivity contribution in [3.63, 3.8) is 0 Å². The monoisotopic (exact) mass is 290 g/mol. The SMILES string of the molecule is CN(C)C(=O)C1CCN(C(=O)c2ccc(N)cc2N)CC1. The van der Waals surface area contributed by atoms with Crippen LogP contribution in [-0.2, 0) is 4.79 Å². The molecule has 1 heterocycles. The number of piperidine rings is 1. The van der Waals surface area contributed by atoms with Gasteiger partial charge in [-0.2, -0.15) is 0 Å². The first kappa shape index (κ1) is 15.2. The molecular formula is C15H22N4O2. The van der Waals surface area contributed by atoms with E-state index in [0.29, 0.717) is 42.9 Å². The number of nitrogens with two attached hydrogens (primary N) is 2. The quantitative estimate of drug-likeness (QED) is 0.788. The Bertz CT molecular complexity index is 549. The van der Waals surface area contributed by atoms with Gasteiger partial charge in [-0.05, 0) is 31.0 Å². The zero-order valence-electron chi connectivity index (χ0n) is 12.5. The molecule has 0 atom stereocenters. The number of likely N-dealkylation sites (tertiary alicyclic amines) is 1. The average Bonchev–Trinajstić information content (AvgIpc) is 2.46. The molecule has 0 saturated carbocycles. The van der Waals surface area contributed by atoms with Crippen LogP contribution >= 0.6 is 0 Å². The van der Waals surface area contributed by atoms with Crippen LogP contribution in [0, 0.1) is 5.92 Å². The van der Waals surface area contributed by atoms with Crippen molar-refractivity contribution in [3.8, 4) is 0 Å². The lowest BCUT2D eigenvalue weighted by molar-refractivity contribution is -0.134. The van der Waals surface area contributed by atoms with E-state index in [1.165, 1.54) is 0 Å². The first-order valence-electron chi connectivity index (χ1n) is 7.05. The number of carbonyl (C=O) groups excluding carboxylic acids is 2. The molecule has 6 nitrogen and oxygen atoms in total. The van der Waals surface area contributed by atoms with Gasteiger partial charge in [0.05, 0.1) is 5.56 Å². The highest BCUT2D eigenvalue weighted by molar-refractivity contribution is 5.99. The summed E-state index contributed by atoms with van der Waals surface area (Å²) >= 11 is 0. The van der Waals surface area contributed by atoms with E-state index in [9.17, 15) is 9.59 Å². The van der Waals surface area contributed by atoms with Crippen LogP contribution in [0.15, 0.2) is 18.2 Å². The average molecular weight is 290 g/mol. The van der Waals surface area contributed by atoms with Gasteiger partial charge in [0, 0.05) is 44.5 Å². The molecule has 4 N–H and O–H groups in total. The number of amides is 2. The van der Waals surface area contributed by atoms with Gasteiger partial charge in [-0.3, -0.25) is 9.59 Å². The van der Waals surface area contributed by atoms with E-state index in [4.69, 9.17) is 11.5 Å². The molecule has 0 radical (unpaired) electrons. The summed E-state index contributed by atoms with van der Waals surface area (Å²) in [5.74, 6) is 0.0464. The van der Waals surface area contributed by atoms with Gasteiger partial charge in [0.2, 0.25) is 5.91 Å². The van der Waals surface area contributed by atoms with Crippen molar-refractivity contribution in [2.24, 2.45) is 5.92 Å². The fourth-order valence-electron chi connectivity index (χ4n) is 2.64. The van der Waals surface area contributed by atoms with E-state index in [-0.39, 0.29) is 17.7 Å². The lowest BCUT2D eigenvalue weighted by Crippen LogP contribution is -2.42. The van der Waals surface area contributed by atoms with Crippen molar-refractivity contribution in [2.45, 2.75) is 12.8 Å². The molecule has 21 heavy (non-hydrogen) atoms. The van der Waals surface area contributed by atoms with Crippen molar-refractivity contribution >= 4 is 23.2 Å². The number of anilines is 2. The molecule has 0 bridgehead atoms. The highest BCUT2D eigenvalue weighted by atomic mass is 16.2. The zero-order valence-corrected chi connectivity index (χ0v) is 12.5. The van der Waals surface area contributed by atoms with Crippen LogP contribution in [0.5, 0.6) is 0 Å². The molecule has 114 valence electrons. The maximum atomic E-state index is 12.5. The molecule has 1 aliphatic rings. The Morgan fingerprint density at radius 1 is 1.19 bits per heavy atom. The Labute approximate surface area is 124 Å². The summed E-state index contributed by atoms with van der Waals surface area (Å²) in [6, 6.07) is 4.92. The Kier molecular flexibility index (Phi) is 4.35. The first-order chi connectivity index (χ1) is 9.90. The molecule has 1 aromatic rings. The Morgan fingerprint density at radius 2 is 1.81 bits per heavy atom. The van der Waals surface area contributed by atoms with E-state index < -0.39 is 0 Å². The lowest BCUT2D eigenvalue weighted by atomic mass is 9.95. The van der Waals surface area contributed by atoms with Crippen LogP contribution in [0.4, 0.5) is 11.4 Å². The lowest BCUT2D eigenvalue weighted by Gasteiger charge is -2.32. The summed E-state index contributed by atoms with van der Waals surface area (Å²) in [5.41, 5.74) is 12.9. The van der Waals surface area contributed by atoms with Crippen LogP contribution < -0.4 is 11.5 Å². The molecular weight excluding hydrogens is 268 g/mol. The van der Waals surface area contributed by atoms with E-state index >= 15 is 0 Å². The summed E-state index contributed by atoms with van der Waals surface area (Å²) < 4.78 is 0. The minimum atomic E-state index is -0.0942. The van der Waals surface area contributed by atoms with Gasteiger partial charge in [0.15, 0.2) is 0 Å². The first-order valence-corrected chi connectivity index (χ1v) is 7.05. The summed E-state index contributed by atoms with van der Waals surface area (Å²) in [6.45, 7) is 1.15. The number of rotatable bonds is 2. The topological polar surface area (TPSA) is 92.7 Å². The highest BCUT2D eigenvalue weighted by Gasteiger charge is 2.29. The van der Waals surface area contributed by atoms with Crippen LogP contribution in [0.3, 0.4) is 0 Å². The van der Waals surface area contributed by atoms with Crippen molar-refractivity contribution in [1.29, 1.82) is 0 Å². The maximum Gasteiger partial charge on any atom is 0.255 e. The van der Waals surface area contributed by atoms with Gasteiger partial charge < -0.3 is 21.3 Å². The molecule has 0 unspecified atom stereocenters. The number of hydrogen-bond donors (Lipinski definition) is 2. The number of hydrogen-bond acceptors (Lipinski definition) is 4. The predicted molar refractivity (Wildman–Crippen MR) is 82.6 cm³/mol. The summed E-state index contributed by atoms with van der Waals surface area (Å²) in [7, 11) is 3.52. The third-order valence-corrected chi connectivity index (χ3v) is 3.88. The molecule has 1 aromatic carbocycles. The summed E-state index contributed by atoms with van der Waals surface area (Å²) in [4.78, 5) is 27.7. The maximum absolute atomic E-state index is 12.5. The van der Waals surface area contributed by atoms with Gasteiger partial charge >= 0.3 is 0 Å². The van der Waals surface area contributed by atoms with Gasteiger partial charge in [-0.25, -0.2) is 0 Å². The van der Waals surface area contributed by atoms with E-state index in [1.54, 1.807) is 42.1 Å². The Morgan fingerprint density at radius 3 is 2.33 bits per heavy atom. The molecule has 6 heteroatoms. The second-order valence-corrected chi connectivity index (χ2v) is 5.65. The van der Waals surface area contributed by atoms with E-state index in [1.807, 2.05) is 0 Å². The van der Waals surface area contributed by atoms with Crippen LogP contribution in [0.25, 0.3) is 0 Å². The molecule has 0 aliphatic carbocycles. The standard InChI is InChI=1S/C15H22N4O2/c1-18(2)14(20)10-5-7-19(8-6-10)15(21)12-4-3-11(16)9-13(12)17/h3-4,9-10H,5-8,16-17H2,1-2H3. The Balaban J connectivity index is 2.02. The predicted octanol–water partition coefficient (Wildman–Crippen LogP) is 0.791. The smallest absolute Gasteiger partial charge is 0.255 e. The van der Waals surface area contributed by atoms with Crippen LogP contribution in [0.1, 0.15) is 23.2 Å². The second-order valence-electron chi connectivity index (χ2n) is 5.65. The molecule has 2 amide bonds. The zero-order chi connectivity index (χ0) is 15.6. The fourth-order valence-corrected chi connectivity index (χ4v) is 2.64. The number of carbonyl (C=O) groups is 2. The number of nitrogen functional groups attached to an aromatic ring is 2. The van der Waals surface area contributed by atoms with Gasteiger partial charge in [-0.15, -0.1) is 0 Å². The van der Waals surface area contributed by atoms with Crippen molar-refractivity contribution < 1.29 is 9.59 Å². The van der Waals surface area contributed by atoms with Crippen LogP contribution in [0.2, 0.25) is 0 Å². The molecule has 0 aromatic heterocycles. The van der Waals surface area contributed by atoms with Crippen molar-refractivity contribution in [1.82, 2.24) is 9.80 Å². The van der Waals surface area contributed by atoms with Gasteiger partial charge in [-0.1, -0.05) is 0 Å². The van der Waals surface area contributed by atoms with Gasteiger partial charge in [0.25, 0.3) is 5.91 Å². The highest BCUT2D eigenvalue weighted by Crippen LogP contribution is 2.23. The normalized spacial score (nSPS) is 15.8. The van der Waals surface area contributed by atoms with E-state index in [2.05, 4.69) is 0 Å². The number of benzene rings is 1. The minimum absolute atomic E-state index is 0.00724. The molecule has 0 spiro atoms. The third kappa shape index (κ3) is 3.26. The third-order valence-electron chi connectivity index (χ3n) is 3.88. The molecule has 1 aliphatic heterocycles. The van der Waals surface area contributed by atoms with E-state index in [0.717, 1.165) is 0 Å². The largest absolute Gasteiger partial charge is 0.399 e. The molecule has 1 fully saturated rings. The summed E-state index contributed by atoms with van der Waals surface area (Å²) in [6.07, 6.45) is 1.38. The van der Waals surface area contributed by atoms with Crippen LogP contribution in [-0.4, -0.2) is 48.8 Å². The summed E-state index contributed by atoms with van der Waals surface area (Å²) in [5, 5.41) is 0. The molecule has 2 rings (SSSR count). The van der Waals surface area contributed by atoms with Gasteiger partial charge in [0.1, 0.15) is 0 Å². The minimum Gasteiger partial charge on any atom is -0.399 e. The Hall–Kier alpha value is -2.24. The van der Waals surface area contributed by atoms with Crippen molar-refractivity contribution in [3.05, 3.63) is 23.8 Å².